The first-order valence-electron chi connectivity index (χ1n) is 9.14. The highest BCUT2D eigenvalue weighted by Crippen LogP contribution is 2.19. The van der Waals surface area contributed by atoms with Gasteiger partial charge in [0.1, 0.15) is 0 Å². The summed E-state index contributed by atoms with van der Waals surface area (Å²) in [5.41, 5.74) is 1.61. The first-order chi connectivity index (χ1) is 13.7. The lowest BCUT2D eigenvalue weighted by Crippen LogP contribution is -2.26. The van der Waals surface area contributed by atoms with Crippen LogP contribution in [0, 0.1) is 0 Å². The van der Waals surface area contributed by atoms with Crippen molar-refractivity contribution in [2.24, 2.45) is 0 Å². The molecule has 0 aliphatic carbocycles. The van der Waals surface area contributed by atoms with Crippen LogP contribution in [0.1, 0.15) is 52.5 Å². The number of carbonyl (C=O) groups excluding carboxylic acids is 2. The van der Waals surface area contributed by atoms with E-state index in [-0.39, 0.29) is 16.2 Å². The van der Waals surface area contributed by atoms with Gasteiger partial charge in [0.15, 0.2) is 12.4 Å². The average molecular weight is 419 g/mol. The molecule has 8 heteroatoms. The Morgan fingerprint density at radius 2 is 1.72 bits per heavy atom. The molecule has 0 N–H and O–H groups in total. The van der Waals surface area contributed by atoms with Gasteiger partial charge in [0, 0.05) is 12.6 Å². The number of sulfonamides is 1. The Bertz CT molecular complexity index is 969. The number of ketones is 1. The highest BCUT2D eigenvalue weighted by molar-refractivity contribution is 7.89. The van der Waals surface area contributed by atoms with Crippen molar-refractivity contribution in [1.29, 1.82) is 0 Å². The second-order valence-corrected chi connectivity index (χ2v) is 8.49. The van der Waals surface area contributed by atoms with Crippen molar-refractivity contribution in [3.8, 4) is 0 Å². The van der Waals surface area contributed by atoms with E-state index in [9.17, 15) is 18.0 Å². The van der Waals surface area contributed by atoms with E-state index in [1.54, 1.807) is 12.1 Å². The number of hydroxylamine groups is 1. The molecular weight excluding hydrogens is 394 g/mol. The number of benzene rings is 2. The third-order valence-corrected chi connectivity index (χ3v) is 6.39. The zero-order valence-electron chi connectivity index (χ0n) is 16.9. The number of hydrogen-bond donors (Lipinski definition) is 0. The lowest BCUT2D eigenvalue weighted by Gasteiger charge is -2.14. The Labute approximate surface area is 171 Å². The highest BCUT2D eigenvalue weighted by Gasteiger charge is 2.22. The normalized spacial score (nSPS) is 12.6. The van der Waals surface area contributed by atoms with E-state index >= 15 is 0 Å². The summed E-state index contributed by atoms with van der Waals surface area (Å²) < 4.78 is 30.3. The van der Waals surface area contributed by atoms with Crippen molar-refractivity contribution in [1.82, 2.24) is 4.47 Å². The van der Waals surface area contributed by atoms with Gasteiger partial charge < -0.3 is 4.74 Å². The molecule has 156 valence electrons. The van der Waals surface area contributed by atoms with Gasteiger partial charge in [-0.25, -0.2) is 13.2 Å². The van der Waals surface area contributed by atoms with Crippen LogP contribution < -0.4 is 0 Å². The van der Waals surface area contributed by atoms with Gasteiger partial charge in [0.25, 0.3) is 10.0 Å². The zero-order valence-corrected chi connectivity index (χ0v) is 17.7. The molecule has 0 bridgehead atoms. The minimum atomic E-state index is -3.90. The van der Waals surface area contributed by atoms with E-state index in [1.807, 2.05) is 12.1 Å². The second kappa shape index (κ2) is 9.78. The van der Waals surface area contributed by atoms with E-state index in [4.69, 9.17) is 9.57 Å². The van der Waals surface area contributed by atoms with E-state index < -0.39 is 22.6 Å². The maximum atomic E-state index is 12.3. The van der Waals surface area contributed by atoms with Crippen molar-refractivity contribution in [2.75, 3.05) is 20.8 Å². The summed E-state index contributed by atoms with van der Waals surface area (Å²) >= 11 is 0. The summed E-state index contributed by atoms with van der Waals surface area (Å²) in [6.07, 6.45) is 1.000. The SMILES string of the molecule is CC[C@@H](C)c1ccc(C(=O)COC(=O)c2cccc(S(=O)(=O)N(C)OC)c2)cc1. The predicted molar refractivity (Wildman–Crippen MR) is 108 cm³/mol. The number of Topliss-reactive ketones (excluding diaryl/α,β-unsaturated/α-hetero) is 1. The van der Waals surface area contributed by atoms with E-state index in [0.29, 0.717) is 15.9 Å². The van der Waals surface area contributed by atoms with E-state index in [2.05, 4.69) is 13.8 Å². The summed E-state index contributed by atoms with van der Waals surface area (Å²) in [5, 5.41) is 0. The Hall–Kier alpha value is -2.55. The molecule has 0 aliphatic heterocycles. The second-order valence-electron chi connectivity index (χ2n) is 6.56. The van der Waals surface area contributed by atoms with Gasteiger partial charge in [-0.05, 0) is 36.1 Å². The topological polar surface area (TPSA) is 90.0 Å². The Kier molecular flexibility index (Phi) is 7.66. The number of rotatable bonds is 9. The zero-order chi connectivity index (χ0) is 21.6. The van der Waals surface area contributed by atoms with E-state index in [1.165, 1.54) is 38.4 Å². The maximum absolute atomic E-state index is 12.3. The highest BCUT2D eigenvalue weighted by atomic mass is 32.2. The minimum Gasteiger partial charge on any atom is -0.454 e. The lowest BCUT2D eigenvalue weighted by atomic mass is 9.97. The summed E-state index contributed by atoms with van der Waals surface area (Å²) in [7, 11) is -1.44. The monoisotopic (exact) mass is 419 g/mol. The molecule has 0 aromatic heterocycles. The minimum absolute atomic E-state index is 0.0236. The Morgan fingerprint density at radius 3 is 2.31 bits per heavy atom. The fourth-order valence-corrected chi connectivity index (χ4v) is 3.58. The van der Waals surface area contributed by atoms with Gasteiger partial charge in [-0.3, -0.25) is 9.63 Å². The smallest absolute Gasteiger partial charge is 0.338 e. The third-order valence-electron chi connectivity index (χ3n) is 4.71. The van der Waals surface area contributed by atoms with Crippen LogP contribution in [0.15, 0.2) is 53.4 Å². The van der Waals surface area contributed by atoms with Crippen LogP contribution >= 0.6 is 0 Å². The van der Waals surface area contributed by atoms with Crippen LogP contribution in [0.5, 0.6) is 0 Å². The van der Waals surface area contributed by atoms with Crippen molar-refractivity contribution >= 4 is 21.8 Å². The van der Waals surface area contributed by atoms with Crippen LogP contribution in [0.2, 0.25) is 0 Å². The molecule has 2 aromatic carbocycles. The maximum Gasteiger partial charge on any atom is 0.338 e. The fraction of sp³-hybridized carbons (Fsp3) is 0.333. The first kappa shape index (κ1) is 22.7. The molecular formula is C21H25NO6S. The Balaban J connectivity index is 2.06. The molecule has 0 amide bonds. The standard InChI is InChI=1S/C21H25NO6S/c1-5-15(2)16-9-11-17(12-10-16)20(23)14-28-21(24)18-7-6-8-19(13-18)29(25,26)22(3)27-4/h6-13,15H,5,14H2,1-4H3/t15-/m1/s1. The van der Waals surface area contributed by atoms with Crippen LogP contribution in [0.25, 0.3) is 0 Å². The summed E-state index contributed by atoms with van der Waals surface area (Å²) in [6, 6.07) is 12.6. The molecule has 1 atom stereocenters. The number of nitrogens with zero attached hydrogens (tertiary/aromatic N) is 1. The quantitative estimate of drug-likeness (QED) is 0.351. The summed E-state index contributed by atoms with van der Waals surface area (Å²) in [4.78, 5) is 29.1. The Morgan fingerprint density at radius 1 is 1.07 bits per heavy atom. The van der Waals surface area contributed by atoms with Gasteiger partial charge in [-0.2, -0.15) is 0 Å². The summed E-state index contributed by atoms with van der Waals surface area (Å²) in [6.45, 7) is 3.77. The summed E-state index contributed by atoms with van der Waals surface area (Å²) in [5.74, 6) is -0.721. The molecule has 0 saturated carbocycles. The molecule has 0 radical (unpaired) electrons. The molecule has 7 nitrogen and oxygen atoms in total. The molecule has 2 aromatic rings. The number of carbonyl (C=O) groups is 2. The molecule has 0 aliphatic rings. The van der Waals surface area contributed by atoms with Gasteiger partial charge in [0.05, 0.1) is 17.6 Å². The van der Waals surface area contributed by atoms with Crippen LogP contribution in [0.3, 0.4) is 0 Å². The molecule has 0 unspecified atom stereocenters. The van der Waals surface area contributed by atoms with Crippen molar-refractivity contribution in [3.05, 3.63) is 65.2 Å². The van der Waals surface area contributed by atoms with Crippen molar-refractivity contribution < 1.29 is 27.6 Å². The molecule has 0 spiro atoms. The molecule has 0 saturated heterocycles. The van der Waals surface area contributed by atoms with E-state index in [0.717, 1.165) is 12.0 Å². The lowest BCUT2D eigenvalue weighted by molar-refractivity contribution is -0.0258. The van der Waals surface area contributed by atoms with Gasteiger partial charge >= 0.3 is 5.97 Å². The molecule has 0 heterocycles. The number of hydrogen-bond acceptors (Lipinski definition) is 6. The van der Waals surface area contributed by atoms with Crippen molar-refractivity contribution in [2.45, 2.75) is 31.1 Å². The van der Waals surface area contributed by atoms with Crippen LogP contribution in [-0.4, -0.2) is 45.4 Å². The van der Waals surface area contributed by atoms with Crippen molar-refractivity contribution in [3.63, 3.8) is 0 Å². The molecule has 29 heavy (non-hydrogen) atoms. The average Bonchev–Trinajstić information content (AvgIpc) is 2.76. The third kappa shape index (κ3) is 5.50. The number of ether oxygens (including phenoxy) is 1. The van der Waals surface area contributed by atoms with Crippen LogP contribution in [0.4, 0.5) is 0 Å². The first-order valence-corrected chi connectivity index (χ1v) is 10.6. The van der Waals surface area contributed by atoms with Gasteiger partial charge in [-0.15, -0.1) is 0 Å². The fourth-order valence-electron chi connectivity index (χ4n) is 2.56. The van der Waals surface area contributed by atoms with Crippen LogP contribution in [-0.2, 0) is 19.6 Å². The molecule has 0 fully saturated rings. The largest absolute Gasteiger partial charge is 0.454 e. The number of esters is 1. The van der Waals surface area contributed by atoms with Gasteiger partial charge in [0.2, 0.25) is 0 Å². The molecule has 2 rings (SSSR count). The predicted octanol–water partition coefficient (Wildman–Crippen LogP) is 3.42. The van der Waals surface area contributed by atoms with Gasteiger partial charge in [-0.1, -0.05) is 48.6 Å².